The molecule has 7 heteroatoms. The van der Waals surface area contributed by atoms with E-state index in [0.717, 1.165) is 44.9 Å². The Balaban J connectivity index is 1.56. The van der Waals surface area contributed by atoms with Gasteiger partial charge in [0.25, 0.3) is 5.91 Å². The number of halogens is 3. The van der Waals surface area contributed by atoms with Crippen LogP contribution < -0.4 is 5.32 Å². The summed E-state index contributed by atoms with van der Waals surface area (Å²) in [6.07, 6.45) is -4.38. The number of alkyl halides is 3. The fourth-order valence-corrected chi connectivity index (χ4v) is 3.04. The fraction of sp³-hybridized carbons (Fsp3) is 0.533. The first-order valence-electron chi connectivity index (χ1n) is 7.35. The van der Waals surface area contributed by atoms with E-state index in [1.54, 1.807) is 0 Å². The number of nitrogens with zero attached hydrogens (tertiary/aromatic N) is 2. The SMILES string of the molecule is O=C(NCC1CN2CCN1CC2)c1ccc(C(F)(F)F)cc1. The van der Waals surface area contributed by atoms with Crippen LogP contribution in [0.1, 0.15) is 15.9 Å². The van der Waals surface area contributed by atoms with E-state index in [-0.39, 0.29) is 11.5 Å². The molecule has 0 aliphatic carbocycles. The van der Waals surface area contributed by atoms with Crippen molar-refractivity contribution < 1.29 is 18.0 Å². The van der Waals surface area contributed by atoms with E-state index < -0.39 is 11.7 Å². The van der Waals surface area contributed by atoms with Crippen LogP contribution in [0.5, 0.6) is 0 Å². The molecule has 4 rings (SSSR count). The molecule has 1 N–H and O–H groups in total. The third-order valence-electron chi connectivity index (χ3n) is 4.36. The van der Waals surface area contributed by atoms with Gasteiger partial charge in [-0.25, -0.2) is 0 Å². The third kappa shape index (κ3) is 3.25. The van der Waals surface area contributed by atoms with Crippen molar-refractivity contribution in [1.29, 1.82) is 0 Å². The Bertz CT molecular complexity index is 536. The summed E-state index contributed by atoms with van der Waals surface area (Å²) in [5.41, 5.74) is -0.489. The Kier molecular flexibility index (Phi) is 4.10. The van der Waals surface area contributed by atoms with Gasteiger partial charge >= 0.3 is 6.18 Å². The van der Waals surface area contributed by atoms with E-state index in [1.165, 1.54) is 12.1 Å². The molecular weight excluding hydrogens is 295 g/mol. The van der Waals surface area contributed by atoms with E-state index in [9.17, 15) is 18.0 Å². The molecule has 3 aliphatic rings. The van der Waals surface area contributed by atoms with Gasteiger partial charge in [0.2, 0.25) is 0 Å². The van der Waals surface area contributed by atoms with Crippen LogP contribution in [0, 0.1) is 0 Å². The molecule has 120 valence electrons. The largest absolute Gasteiger partial charge is 0.416 e. The van der Waals surface area contributed by atoms with Crippen LogP contribution in [0.3, 0.4) is 0 Å². The minimum Gasteiger partial charge on any atom is -0.350 e. The number of hydrogen-bond donors (Lipinski definition) is 1. The second kappa shape index (κ2) is 5.89. The predicted molar refractivity (Wildman–Crippen MR) is 75.6 cm³/mol. The quantitative estimate of drug-likeness (QED) is 0.917. The van der Waals surface area contributed by atoms with Gasteiger partial charge in [-0.15, -0.1) is 0 Å². The third-order valence-corrected chi connectivity index (χ3v) is 4.36. The van der Waals surface area contributed by atoms with Gasteiger partial charge in [-0.3, -0.25) is 14.6 Å². The van der Waals surface area contributed by atoms with Gasteiger partial charge in [-0.05, 0) is 24.3 Å². The molecule has 3 aliphatic heterocycles. The highest BCUT2D eigenvalue weighted by Crippen LogP contribution is 2.29. The summed E-state index contributed by atoms with van der Waals surface area (Å²) in [6.45, 7) is 5.64. The number of carbonyl (C=O) groups excluding carboxylic acids is 1. The number of carbonyl (C=O) groups is 1. The number of piperazine rings is 3. The van der Waals surface area contributed by atoms with Gasteiger partial charge in [0.1, 0.15) is 0 Å². The number of hydrogen-bond acceptors (Lipinski definition) is 3. The predicted octanol–water partition coefficient (Wildman–Crippen LogP) is 1.44. The van der Waals surface area contributed by atoms with Crippen LogP contribution in [-0.2, 0) is 6.18 Å². The van der Waals surface area contributed by atoms with Crippen molar-refractivity contribution in [2.45, 2.75) is 12.2 Å². The maximum atomic E-state index is 12.5. The molecule has 0 spiro atoms. The van der Waals surface area contributed by atoms with Crippen LogP contribution in [0.15, 0.2) is 24.3 Å². The van der Waals surface area contributed by atoms with Gasteiger partial charge in [0.05, 0.1) is 5.56 Å². The van der Waals surface area contributed by atoms with Gasteiger partial charge < -0.3 is 5.32 Å². The molecule has 0 aromatic heterocycles. The molecule has 0 radical (unpaired) electrons. The lowest BCUT2D eigenvalue weighted by molar-refractivity contribution is -0.137. The molecule has 4 nitrogen and oxygen atoms in total. The van der Waals surface area contributed by atoms with Gasteiger partial charge in [-0.2, -0.15) is 13.2 Å². The Morgan fingerprint density at radius 2 is 1.77 bits per heavy atom. The highest BCUT2D eigenvalue weighted by molar-refractivity contribution is 5.94. The zero-order chi connectivity index (χ0) is 15.7. The molecule has 1 amide bonds. The first-order chi connectivity index (χ1) is 10.4. The van der Waals surface area contributed by atoms with Crippen LogP contribution in [-0.4, -0.2) is 61.0 Å². The van der Waals surface area contributed by atoms with Crippen molar-refractivity contribution in [2.24, 2.45) is 0 Å². The van der Waals surface area contributed by atoms with Gasteiger partial charge in [-0.1, -0.05) is 0 Å². The van der Waals surface area contributed by atoms with E-state index in [4.69, 9.17) is 0 Å². The highest BCUT2D eigenvalue weighted by Gasteiger charge is 2.32. The first-order valence-corrected chi connectivity index (χ1v) is 7.35. The summed E-state index contributed by atoms with van der Waals surface area (Å²) >= 11 is 0. The second-order valence-electron chi connectivity index (χ2n) is 5.78. The lowest BCUT2D eigenvalue weighted by atomic mass is 10.1. The minimum absolute atomic E-state index is 0.254. The Hall–Kier alpha value is -1.60. The number of benzene rings is 1. The summed E-state index contributed by atoms with van der Waals surface area (Å²) in [4.78, 5) is 16.8. The van der Waals surface area contributed by atoms with Crippen LogP contribution in [0.4, 0.5) is 13.2 Å². The van der Waals surface area contributed by atoms with Crippen molar-refractivity contribution >= 4 is 5.91 Å². The number of amides is 1. The summed E-state index contributed by atoms with van der Waals surface area (Å²) in [5, 5.41) is 2.82. The molecule has 3 saturated heterocycles. The van der Waals surface area contributed by atoms with Crippen LogP contribution in [0.25, 0.3) is 0 Å². The lowest BCUT2D eigenvalue weighted by Crippen LogP contribution is -2.63. The molecule has 22 heavy (non-hydrogen) atoms. The van der Waals surface area contributed by atoms with Crippen molar-refractivity contribution in [3.8, 4) is 0 Å². The average molecular weight is 313 g/mol. The van der Waals surface area contributed by atoms with E-state index in [0.29, 0.717) is 12.6 Å². The maximum absolute atomic E-state index is 12.5. The summed E-state index contributed by atoms with van der Waals surface area (Å²) in [6, 6.07) is 4.60. The van der Waals surface area contributed by atoms with Crippen molar-refractivity contribution in [3.05, 3.63) is 35.4 Å². The number of rotatable bonds is 3. The maximum Gasteiger partial charge on any atom is 0.416 e. The smallest absolute Gasteiger partial charge is 0.350 e. The Morgan fingerprint density at radius 1 is 1.14 bits per heavy atom. The van der Waals surface area contributed by atoms with Gasteiger partial charge in [0, 0.05) is 50.9 Å². The van der Waals surface area contributed by atoms with Gasteiger partial charge in [0.15, 0.2) is 0 Å². The molecule has 1 aromatic rings. The molecule has 1 atom stereocenters. The zero-order valence-corrected chi connectivity index (χ0v) is 12.1. The lowest BCUT2D eigenvalue weighted by Gasteiger charge is -2.47. The molecule has 1 aromatic carbocycles. The number of nitrogens with one attached hydrogen (secondary N) is 1. The summed E-state index contributed by atoms with van der Waals surface area (Å²) < 4.78 is 37.5. The topological polar surface area (TPSA) is 35.6 Å². The number of fused-ring (bicyclic) bond motifs is 3. The van der Waals surface area contributed by atoms with Crippen molar-refractivity contribution in [1.82, 2.24) is 15.1 Å². The molecule has 0 saturated carbocycles. The Morgan fingerprint density at radius 3 is 2.27 bits per heavy atom. The standard InChI is InChI=1S/C15H18F3N3O/c16-15(17,18)12-3-1-11(2-4-12)14(22)19-9-13-10-20-5-7-21(13)8-6-20/h1-4,13H,5-10H2,(H,19,22). The van der Waals surface area contributed by atoms with E-state index in [2.05, 4.69) is 15.1 Å². The average Bonchev–Trinajstić information content (AvgIpc) is 2.53. The van der Waals surface area contributed by atoms with Crippen molar-refractivity contribution in [2.75, 3.05) is 39.3 Å². The van der Waals surface area contributed by atoms with Crippen LogP contribution >= 0.6 is 0 Å². The molecule has 1 unspecified atom stereocenters. The molecule has 2 bridgehead atoms. The van der Waals surface area contributed by atoms with E-state index >= 15 is 0 Å². The second-order valence-corrected chi connectivity index (χ2v) is 5.78. The first kappa shape index (κ1) is 15.3. The van der Waals surface area contributed by atoms with Crippen LogP contribution in [0.2, 0.25) is 0 Å². The van der Waals surface area contributed by atoms with E-state index in [1.807, 2.05) is 0 Å². The monoisotopic (exact) mass is 313 g/mol. The zero-order valence-electron chi connectivity index (χ0n) is 12.1. The molecule has 3 fully saturated rings. The summed E-state index contributed by atoms with van der Waals surface area (Å²) in [7, 11) is 0. The molecule has 3 heterocycles. The highest BCUT2D eigenvalue weighted by atomic mass is 19.4. The van der Waals surface area contributed by atoms with Crippen molar-refractivity contribution in [3.63, 3.8) is 0 Å². The fourth-order valence-electron chi connectivity index (χ4n) is 3.04. The molecular formula is C15H18F3N3O. The normalized spacial score (nSPS) is 27.7. The Labute approximate surface area is 126 Å². The minimum atomic E-state index is -4.38. The summed E-state index contributed by atoms with van der Waals surface area (Å²) in [5.74, 6) is -0.327.